The lowest BCUT2D eigenvalue weighted by molar-refractivity contribution is -0.147. The summed E-state index contributed by atoms with van der Waals surface area (Å²) in [7, 11) is 0. The van der Waals surface area contributed by atoms with Gasteiger partial charge in [-0.15, -0.1) is 0 Å². The molecule has 43 heavy (non-hydrogen) atoms. The first-order chi connectivity index (χ1) is 20.3. The number of carbonyl (C=O) groups is 7. The van der Waals surface area contributed by atoms with E-state index in [1.165, 1.54) is 0 Å². The number of nitrogens with one attached hydrogen (secondary N) is 7. The largest absolute Gasteiger partial charge is 0.481 e. The Kier molecular flexibility index (Phi) is 15.8. The first-order valence-corrected chi connectivity index (χ1v) is 13.0. The average molecular weight is 608 g/mol. The van der Waals surface area contributed by atoms with Gasteiger partial charge in [-0.2, -0.15) is 0 Å². The molecule has 0 saturated heterocycles. The first kappa shape index (κ1) is 35.8. The van der Waals surface area contributed by atoms with Gasteiger partial charge in [0, 0.05) is 13.0 Å². The van der Waals surface area contributed by atoms with E-state index in [0.717, 1.165) is 0 Å². The van der Waals surface area contributed by atoms with E-state index in [0.29, 0.717) is 18.5 Å². The molecular weight excluding hydrogens is 570 g/mol. The van der Waals surface area contributed by atoms with Gasteiger partial charge in [0.05, 0.1) is 32.1 Å². The fourth-order valence-electron chi connectivity index (χ4n) is 3.43. The standard InChI is InChI=1S/C25H37N9O9/c26-15(7-4-8-29-25(27)28)22(40)31-11-18(35)30-12-19(36)33-16(9-14-5-2-1-3-6-14)23(41)32-13-20(37)34-17(24(42)43)10-21(38)39/h1-3,5-6,15-17H,4,7-13,26H2,(H,30,35)(H,31,40)(H,32,41)(H,33,36)(H,34,37)(H,38,39)(H,42,43)(H4,27,28,29)/t15-,16-,17-/m0/s1. The zero-order chi connectivity index (χ0) is 32.4. The van der Waals surface area contributed by atoms with Gasteiger partial charge in [-0.25, -0.2) is 4.79 Å². The monoisotopic (exact) mass is 607 g/mol. The van der Waals surface area contributed by atoms with Gasteiger partial charge >= 0.3 is 11.9 Å². The second-order valence-electron chi connectivity index (χ2n) is 9.17. The van der Waals surface area contributed by atoms with E-state index in [4.69, 9.17) is 27.1 Å². The molecule has 0 unspecified atom stereocenters. The van der Waals surface area contributed by atoms with Gasteiger partial charge in [0.25, 0.3) is 0 Å². The fourth-order valence-corrected chi connectivity index (χ4v) is 3.43. The molecule has 236 valence electrons. The summed E-state index contributed by atoms with van der Waals surface area (Å²) in [5, 5.41) is 38.8. The minimum absolute atomic E-state index is 0.000621. The minimum Gasteiger partial charge on any atom is -0.481 e. The summed E-state index contributed by atoms with van der Waals surface area (Å²) in [6.45, 7) is -1.37. The van der Waals surface area contributed by atoms with Crippen LogP contribution in [-0.2, 0) is 40.0 Å². The predicted octanol–water partition coefficient (Wildman–Crippen LogP) is -4.30. The number of amides is 5. The lowest BCUT2D eigenvalue weighted by Crippen LogP contribution is -2.53. The SMILES string of the molecule is N=C(N)NCCC[C@H](N)C(=O)NCC(=O)NCC(=O)N[C@@H](Cc1ccccc1)C(=O)NCC(=O)N[C@@H](CC(=O)O)C(=O)O. The smallest absolute Gasteiger partial charge is 0.326 e. The van der Waals surface area contributed by atoms with Gasteiger partial charge in [-0.1, -0.05) is 30.3 Å². The normalized spacial score (nSPS) is 12.4. The first-order valence-electron chi connectivity index (χ1n) is 13.0. The zero-order valence-electron chi connectivity index (χ0n) is 23.2. The van der Waals surface area contributed by atoms with Crippen LogP contribution in [0.2, 0.25) is 0 Å². The summed E-state index contributed by atoms with van der Waals surface area (Å²) in [5.41, 5.74) is 11.6. The summed E-state index contributed by atoms with van der Waals surface area (Å²) in [6.07, 6.45) is -0.147. The third-order valence-electron chi connectivity index (χ3n) is 5.58. The lowest BCUT2D eigenvalue weighted by Gasteiger charge is -2.19. The molecule has 18 nitrogen and oxygen atoms in total. The molecule has 5 amide bonds. The Balaban J connectivity index is 2.62. The maximum Gasteiger partial charge on any atom is 0.326 e. The summed E-state index contributed by atoms with van der Waals surface area (Å²) < 4.78 is 0. The van der Waals surface area contributed by atoms with E-state index in [1.54, 1.807) is 30.3 Å². The zero-order valence-corrected chi connectivity index (χ0v) is 23.2. The Morgan fingerprint density at radius 3 is 1.91 bits per heavy atom. The van der Waals surface area contributed by atoms with Crippen LogP contribution in [0.5, 0.6) is 0 Å². The van der Waals surface area contributed by atoms with Crippen LogP contribution < -0.4 is 43.4 Å². The van der Waals surface area contributed by atoms with Crippen molar-refractivity contribution in [1.82, 2.24) is 31.9 Å². The highest BCUT2D eigenvalue weighted by molar-refractivity contribution is 5.94. The van der Waals surface area contributed by atoms with E-state index >= 15 is 0 Å². The Bertz CT molecular complexity index is 1160. The van der Waals surface area contributed by atoms with Crippen molar-refractivity contribution in [2.45, 2.75) is 43.8 Å². The van der Waals surface area contributed by atoms with Gasteiger partial charge in [0.2, 0.25) is 29.5 Å². The quantitative estimate of drug-likeness (QED) is 0.0404. The molecule has 0 aromatic heterocycles. The number of guanidine groups is 1. The summed E-state index contributed by atoms with van der Waals surface area (Å²) in [5.74, 6) is -7.05. The summed E-state index contributed by atoms with van der Waals surface area (Å²) in [4.78, 5) is 83.5. The van der Waals surface area contributed by atoms with Gasteiger partial charge < -0.3 is 53.6 Å². The molecule has 0 spiro atoms. The second-order valence-corrected chi connectivity index (χ2v) is 9.17. The van der Waals surface area contributed by atoms with E-state index < -0.39 is 85.7 Å². The van der Waals surface area contributed by atoms with Crippen LogP contribution in [-0.4, -0.2) is 102 Å². The van der Waals surface area contributed by atoms with E-state index in [9.17, 15) is 33.6 Å². The molecule has 13 N–H and O–H groups in total. The molecule has 0 radical (unpaired) electrons. The summed E-state index contributed by atoms with van der Waals surface area (Å²) in [6, 6.07) is 4.72. The minimum atomic E-state index is -1.71. The molecule has 0 aliphatic heterocycles. The molecule has 1 rings (SSSR count). The third kappa shape index (κ3) is 15.9. The van der Waals surface area contributed by atoms with Crippen molar-refractivity contribution in [3.8, 4) is 0 Å². The number of aliphatic carboxylic acids is 2. The van der Waals surface area contributed by atoms with Crippen LogP contribution >= 0.6 is 0 Å². The topological polar surface area (TPSA) is 308 Å². The fraction of sp³-hybridized carbons (Fsp3) is 0.440. The van der Waals surface area contributed by atoms with Crippen molar-refractivity contribution in [1.29, 1.82) is 5.41 Å². The van der Waals surface area contributed by atoms with Crippen LogP contribution in [0.25, 0.3) is 0 Å². The highest BCUT2D eigenvalue weighted by Crippen LogP contribution is 2.04. The van der Waals surface area contributed by atoms with Crippen LogP contribution in [0.3, 0.4) is 0 Å². The molecule has 1 aromatic rings. The number of hydrogen-bond acceptors (Lipinski definition) is 9. The molecule has 1 aromatic carbocycles. The van der Waals surface area contributed by atoms with E-state index in [1.807, 2.05) is 5.32 Å². The number of nitrogens with two attached hydrogens (primary N) is 2. The number of hydrogen-bond donors (Lipinski definition) is 11. The molecule has 0 aliphatic rings. The number of carboxylic acids is 2. The second kappa shape index (κ2) is 19.0. The number of benzene rings is 1. The lowest BCUT2D eigenvalue weighted by atomic mass is 10.1. The third-order valence-corrected chi connectivity index (χ3v) is 5.58. The van der Waals surface area contributed by atoms with Crippen molar-refractivity contribution in [2.75, 3.05) is 26.2 Å². The van der Waals surface area contributed by atoms with Crippen molar-refractivity contribution >= 4 is 47.4 Å². The number of carbonyl (C=O) groups excluding carboxylic acids is 5. The Labute approximate surface area is 246 Å². The number of rotatable bonds is 19. The van der Waals surface area contributed by atoms with Gasteiger partial charge in [0.15, 0.2) is 5.96 Å². The highest BCUT2D eigenvalue weighted by atomic mass is 16.4. The molecule has 0 aliphatic carbocycles. The molecule has 18 heteroatoms. The maximum absolute atomic E-state index is 12.8. The van der Waals surface area contributed by atoms with Crippen molar-refractivity contribution in [3.05, 3.63) is 35.9 Å². The molecule has 0 saturated carbocycles. The van der Waals surface area contributed by atoms with Crippen LogP contribution in [0.4, 0.5) is 0 Å². The average Bonchev–Trinajstić information content (AvgIpc) is 2.95. The van der Waals surface area contributed by atoms with Crippen LogP contribution in [0, 0.1) is 5.41 Å². The molecule has 0 heterocycles. The van der Waals surface area contributed by atoms with Crippen molar-refractivity contribution in [3.63, 3.8) is 0 Å². The van der Waals surface area contributed by atoms with Crippen molar-refractivity contribution in [2.24, 2.45) is 11.5 Å². The Morgan fingerprint density at radius 1 is 0.767 bits per heavy atom. The molecule has 3 atom stereocenters. The molecule has 0 fully saturated rings. The van der Waals surface area contributed by atoms with E-state index in [-0.39, 0.29) is 18.8 Å². The van der Waals surface area contributed by atoms with Crippen LogP contribution in [0.1, 0.15) is 24.8 Å². The molecule has 0 bridgehead atoms. The highest BCUT2D eigenvalue weighted by Gasteiger charge is 2.25. The Morgan fingerprint density at radius 2 is 1.33 bits per heavy atom. The molecular formula is C25H37N9O9. The number of carboxylic acid groups (broad SMARTS) is 2. The van der Waals surface area contributed by atoms with Crippen molar-refractivity contribution < 1.29 is 43.8 Å². The van der Waals surface area contributed by atoms with Gasteiger partial charge in [-0.3, -0.25) is 34.2 Å². The van der Waals surface area contributed by atoms with Crippen LogP contribution in [0.15, 0.2) is 30.3 Å². The summed E-state index contributed by atoms with van der Waals surface area (Å²) >= 11 is 0. The predicted molar refractivity (Wildman–Crippen MR) is 150 cm³/mol. The Hall–Kier alpha value is -5.26. The maximum atomic E-state index is 12.8. The van der Waals surface area contributed by atoms with Gasteiger partial charge in [-0.05, 0) is 18.4 Å². The van der Waals surface area contributed by atoms with E-state index in [2.05, 4.69) is 26.6 Å². The van der Waals surface area contributed by atoms with Gasteiger partial charge in [0.1, 0.15) is 12.1 Å².